The van der Waals surface area contributed by atoms with Crippen molar-refractivity contribution in [1.82, 2.24) is 14.8 Å². The number of primary amides is 1. The van der Waals surface area contributed by atoms with Crippen molar-refractivity contribution in [2.75, 3.05) is 0 Å². The normalized spacial score (nSPS) is 10.3. The van der Waals surface area contributed by atoms with Crippen LogP contribution in [0.2, 0.25) is 5.15 Å². The molecule has 0 aliphatic rings. The number of hydrogen-bond donors (Lipinski definition) is 1. The van der Waals surface area contributed by atoms with Crippen LogP contribution in [0.25, 0.3) is 5.82 Å². The molecule has 0 saturated carbocycles. The van der Waals surface area contributed by atoms with Crippen LogP contribution in [0.5, 0.6) is 0 Å². The summed E-state index contributed by atoms with van der Waals surface area (Å²) in [7, 11) is 0. The van der Waals surface area contributed by atoms with Crippen molar-refractivity contribution in [2.45, 2.75) is 0 Å². The van der Waals surface area contributed by atoms with Crippen LogP contribution in [-0.4, -0.2) is 25.6 Å². The molecule has 0 aliphatic carbocycles. The fourth-order valence-corrected chi connectivity index (χ4v) is 1.45. The smallest absolute Gasteiger partial charge is 0.313 e. The number of hydrogen-bond acceptors (Lipinski definition) is 5. The van der Waals surface area contributed by atoms with Crippen LogP contribution in [0.4, 0.5) is 5.69 Å². The molecule has 2 N–H and O–H groups in total. The number of carbonyl (C=O) groups excluding carboxylic acids is 1. The van der Waals surface area contributed by atoms with Crippen molar-refractivity contribution in [2.24, 2.45) is 5.73 Å². The molecular weight excluding hydrogens is 262 g/mol. The number of rotatable bonds is 3. The van der Waals surface area contributed by atoms with Gasteiger partial charge in [0.15, 0.2) is 0 Å². The molecule has 0 bridgehead atoms. The molecule has 0 radical (unpaired) electrons. The van der Waals surface area contributed by atoms with Crippen molar-refractivity contribution >= 4 is 23.2 Å². The number of pyridine rings is 1. The van der Waals surface area contributed by atoms with Crippen LogP contribution in [0.3, 0.4) is 0 Å². The SMILES string of the molecule is NC(=O)c1ccn(-c2nc(Cl)ccc2[N+](=O)[O-])n1. The molecule has 0 aromatic carbocycles. The Bertz CT molecular complexity index is 639. The zero-order valence-electron chi connectivity index (χ0n) is 8.78. The van der Waals surface area contributed by atoms with Gasteiger partial charge >= 0.3 is 5.69 Å². The van der Waals surface area contributed by atoms with Crippen molar-refractivity contribution in [3.8, 4) is 5.82 Å². The van der Waals surface area contributed by atoms with Crippen LogP contribution >= 0.6 is 11.6 Å². The van der Waals surface area contributed by atoms with E-state index in [1.807, 2.05) is 0 Å². The molecule has 0 saturated heterocycles. The zero-order valence-corrected chi connectivity index (χ0v) is 9.53. The van der Waals surface area contributed by atoms with Crippen molar-refractivity contribution < 1.29 is 9.72 Å². The molecule has 9 heteroatoms. The Morgan fingerprint density at radius 1 is 1.44 bits per heavy atom. The van der Waals surface area contributed by atoms with E-state index in [4.69, 9.17) is 17.3 Å². The van der Waals surface area contributed by atoms with Crippen molar-refractivity contribution in [3.05, 3.63) is 45.4 Å². The van der Waals surface area contributed by atoms with Gasteiger partial charge in [0.1, 0.15) is 10.8 Å². The molecule has 1 amide bonds. The van der Waals surface area contributed by atoms with Gasteiger partial charge in [-0.2, -0.15) is 5.10 Å². The molecule has 0 fully saturated rings. The minimum absolute atomic E-state index is 0.0222. The molecule has 2 aromatic heterocycles. The van der Waals surface area contributed by atoms with E-state index in [-0.39, 0.29) is 22.4 Å². The monoisotopic (exact) mass is 267 g/mol. The van der Waals surface area contributed by atoms with Gasteiger partial charge in [-0.25, -0.2) is 9.67 Å². The second-order valence-corrected chi connectivity index (χ2v) is 3.63. The molecule has 8 nitrogen and oxygen atoms in total. The average molecular weight is 268 g/mol. The highest BCUT2D eigenvalue weighted by atomic mass is 35.5. The van der Waals surface area contributed by atoms with Crippen LogP contribution in [-0.2, 0) is 0 Å². The summed E-state index contributed by atoms with van der Waals surface area (Å²) in [6, 6.07) is 3.83. The lowest BCUT2D eigenvalue weighted by Gasteiger charge is -2.01. The quantitative estimate of drug-likeness (QED) is 0.504. The first-order valence-corrected chi connectivity index (χ1v) is 5.03. The largest absolute Gasteiger partial charge is 0.364 e. The van der Waals surface area contributed by atoms with Crippen molar-refractivity contribution in [1.29, 1.82) is 0 Å². The Morgan fingerprint density at radius 3 is 2.72 bits per heavy atom. The number of carbonyl (C=O) groups is 1. The summed E-state index contributed by atoms with van der Waals surface area (Å²) in [4.78, 5) is 24.9. The molecule has 0 unspecified atom stereocenters. The fraction of sp³-hybridized carbons (Fsp3) is 0. The number of amides is 1. The highest BCUT2D eigenvalue weighted by Crippen LogP contribution is 2.22. The third-order valence-corrected chi connectivity index (χ3v) is 2.29. The van der Waals surface area contributed by atoms with Gasteiger partial charge in [0, 0.05) is 12.3 Å². The second kappa shape index (κ2) is 4.41. The molecule has 18 heavy (non-hydrogen) atoms. The van der Waals surface area contributed by atoms with Gasteiger partial charge in [0.05, 0.1) is 4.92 Å². The van der Waals surface area contributed by atoms with E-state index in [1.54, 1.807) is 0 Å². The predicted molar refractivity (Wildman–Crippen MR) is 61.5 cm³/mol. The molecule has 92 valence electrons. The van der Waals surface area contributed by atoms with E-state index < -0.39 is 10.8 Å². The molecule has 2 rings (SSSR count). The number of nitrogens with two attached hydrogens (primary N) is 1. The number of aromatic nitrogens is 3. The summed E-state index contributed by atoms with van der Waals surface area (Å²) >= 11 is 5.67. The topological polar surface area (TPSA) is 117 Å². The van der Waals surface area contributed by atoms with E-state index in [0.717, 1.165) is 4.68 Å². The van der Waals surface area contributed by atoms with Crippen LogP contribution < -0.4 is 5.73 Å². The summed E-state index contributed by atoms with van der Waals surface area (Å²) in [5.41, 5.74) is 4.74. The van der Waals surface area contributed by atoms with Crippen LogP contribution in [0.1, 0.15) is 10.5 Å². The third kappa shape index (κ3) is 2.13. The number of halogens is 1. The Balaban J connectivity index is 2.57. The average Bonchev–Trinajstić information content (AvgIpc) is 2.77. The van der Waals surface area contributed by atoms with E-state index in [2.05, 4.69) is 10.1 Å². The maximum atomic E-state index is 10.9. The van der Waals surface area contributed by atoms with Gasteiger partial charge in [-0.15, -0.1) is 0 Å². The second-order valence-electron chi connectivity index (χ2n) is 3.24. The molecule has 0 aliphatic heterocycles. The summed E-state index contributed by atoms with van der Waals surface area (Å²) in [6.07, 6.45) is 1.34. The minimum atomic E-state index is -0.738. The van der Waals surface area contributed by atoms with E-state index in [1.165, 1.54) is 24.4 Å². The first-order valence-electron chi connectivity index (χ1n) is 4.66. The van der Waals surface area contributed by atoms with E-state index >= 15 is 0 Å². The van der Waals surface area contributed by atoms with Crippen LogP contribution in [0, 0.1) is 10.1 Å². The third-order valence-electron chi connectivity index (χ3n) is 2.08. The molecule has 2 aromatic rings. The first kappa shape index (κ1) is 12.0. The summed E-state index contributed by atoms with van der Waals surface area (Å²) < 4.78 is 1.07. The summed E-state index contributed by atoms with van der Waals surface area (Å²) in [6.45, 7) is 0. The molecule has 0 atom stereocenters. The Morgan fingerprint density at radius 2 is 2.17 bits per heavy atom. The lowest BCUT2D eigenvalue weighted by Crippen LogP contribution is -2.12. The maximum absolute atomic E-state index is 10.9. The molecule has 2 heterocycles. The van der Waals surface area contributed by atoms with E-state index in [0.29, 0.717) is 0 Å². The highest BCUT2D eigenvalue weighted by molar-refractivity contribution is 6.29. The highest BCUT2D eigenvalue weighted by Gasteiger charge is 2.19. The predicted octanol–water partition coefficient (Wildman–Crippen LogP) is 0.928. The number of nitrogens with zero attached hydrogens (tertiary/aromatic N) is 4. The van der Waals surface area contributed by atoms with E-state index in [9.17, 15) is 14.9 Å². The van der Waals surface area contributed by atoms with Gasteiger partial charge in [-0.3, -0.25) is 14.9 Å². The van der Waals surface area contributed by atoms with Gasteiger partial charge in [0.25, 0.3) is 5.91 Å². The molecular formula is C9H6ClN5O3. The first-order chi connectivity index (χ1) is 8.49. The Labute approximate surface area is 105 Å². The van der Waals surface area contributed by atoms with Crippen LogP contribution in [0.15, 0.2) is 24.4 Å². The maximum Gasteiger partial charge on any atom is 0.313 e. The van der Waals surface area contributed by atoms with Crippen molar-refractivity contribution in [3.63, 3.8) is 0 Å². The van der Waals surface area contributed by atoms with Gasteiger partial charge < -0.3 is 5.73 Å². The lowest BCUT2D eigenvalue weighted by atomic mass is 10.4. The van der Waals surface area contributed by atoms with Gasteiger partial charge in [-0.1, -0.05) is 11.6 Å². The van der Waals surface area contributed by atoms with Gasteiger partial charge in [0.2, 0.25) is 5.82 Å². The Hall–Kier alpha value is -2.48. The standard InChI is InChI=1S/C9H6ClN5O3/c10-7-2-1-6(15(17)18)9(12-7)14-4-3-5(13-14)8(11)16/h1-4H,(H2,11,16). The summed E-state index contributed by atoms with van der Waals surface area (Å²) in [5, 5.41) is 14.7. The summed E-state index contributed by atoms with van der Waals surface area (Å²) in [5.74, 6) is -0.821. The minimum Gasteiger partial charge on any atom is -0.364 e. The molecule has 0 spiro atoms. The lowest BCUT2D eigenvalue weighted by molar-refractivity contribution is -0.384. The van der Waals surface area contributed by atoms with Gasteiger partial charge in [-0.05, 0) is 12.1 Å². The Kier molecular flexibility index (Phi) is 2.94. The number of nitro groups is 1. The fourth-order valence-electron chi connectivity index (χ4n) is 1.30. The zero-order chi connectivity index (χ0) is 13.3.